The van der Waals surface area contributed by atoms with Crippen molar-refractivity contribution in [2.24, 2.45) is 0 Å². The van der Waals surface area contributed by atoms with Gasteiger partial charge >= 0.3 is 5.97 Å². The number of methoxy groups -OCH3 is 1. The third kappa shape index (κ3) is 4.40. The van der Waals surface area contributed by atoms with Gasteiger partial charge in [0.1, 0.15) is 5.82 Å². The molecule has 0 saturated heterocycles. The molecule has 1 rings (SSSR count). The number of hydrogen-bond acceptors (Lipinski definition) is 2. The predicted octanol–water partition coefficient (Wildman–Crippen LogP) is 2.25. The highest BCUT2D eigenvalue weighted by atomic mass is 19.1. The molecule has 0 aliphatic carbocycles. The van der Waals surface area contributed by atoms with Crippen molar-refractivity contribution in [1.82, 2.24) is 0 Å². The lowest BCUT2D eigenvalue weighted by Gasteiger charge is -2.12. The Kier molecular flexibility index (Phi) is 4.92. The van der Waals surface area contributed by atoms with Crippen LogP contribution < -0.4 is 0 Å². The van der Waals surface area contributed by atoms with Crippen molar-refractivity contribution < 1.29 is 19.0 Å². The van der Waals surface area contributed by atoms with E-state index >= 15 is 0 Å². The molecule has 4 heteroatoms. The van der Waals surface area contributed by atoms with E-state index in [1.165, 1.54) is 19.2 Å². The number of carboxylic acids is 1. The van der Waals surface area contributed by atoms with E-state index in [1.54, 1.807) is 12.1 Å². The van der Waals surface area contributed by atoms with Gasteiger partial charge in [0.15, 0.2) is 0 Å². The normalized spacial score (nSPS) is 12.4. The van der Waals surface area contributed by atoms with Crippen molar-refractivity contribution in [1.29, 1.82) is 0 Å². The monoisotopic (exact) mass is 226 g/mol. The van der Waals surface area contributed by atoms with Gasteiger partial charge in [-0.05, 0) is 30.5 Å². The first-order chi connectivity index (χ1) is 7.61. The van der Waals surface area contributed by atoms with Gasteiger partial charge in [-0.25, -0.2) is 4.39 Å². The van der Waals surface area contributed by atoms with Gasteiger partial charge in [-0.1, -0.05) is 12.1 Å². The van der Waals surface area contributed by atoms with Gasteiger partial charge in [-0.3, -0.25) is 4.79 Å². The lowest BCUT2D eigenvalue weighted by molar-refractivity contribution is -0.139. The number of rotatable bonds is 6. The number of aryl methyl sites for hydroxylation is 1. The first kappa shape index (κ1) is 12.6. The summed E-state index contributed by atoms with van der Waals surface area (Å²) in [5.41, 5.74) is 0.980. The number of halogens is 1. The van der Waals surface area contributed by atoms with E-state index < -0.39 is 5.97 Å². The summed E-state index contributed by atoms with van der Waals surface area (Å²) in [5, 5.41) is 8.62. The van der Waals surface area contributed by atoms with E-state index in [2.05, 4.69) is 0 Å². The molecule has 0 radical (unpaired) electrons. The molecule has 88 valence electrons. The standard InChI is InChI=1S/C12H15FO3/c1-16-11(8-12(14)15)7-4-9-2-5-10(13)6-3-9/h2-3,5-6,11H,4,7-8H2,1H3,(H,14,15). The first-order valence-corrected chi connectivity index (χ1v) is 5.11. The van der Waals surface area contributed by atoms with Crippen LogP contribution in [0.5, 0.6) is 0 Å². The lowest BCUT2D eigenvalue weighted by Crippen LogP contribution is -2.16. The van der Waals surface area contributed by atoms with Crippen molar-refractivity contribution in [2.75, 3.05) is 7.11 Å². The smallest absolute Gasteiger partial charge is 0.305 e. The summed E-state index contributed by atoms with van der Waals surface area (Å²) in [6, 6.07) is 6.19. The molecule has 0 fully saturated rings. The summed E-state index contributed by atoms with van der Waals surface area (Å²) < 4.78 is 17.7. The Labute approximate surface area is 93.9 Å². The minimum absolute atomic E-state index is 0.00229. The Morgan fingerprint density at radius 2 is 2.06 bits per heavy atom. The second-order valence-corrected chi connectivity index (χ2v) is 3.62. The zero-order chi connectivity index (χ0) is 12.0. The highest BCUT2D eigenvalue weighted by Gasteiger charge is 2.11. The third-order valence-electron chi connectivity index (χ3n) is 2.40. The molecule has 0 saturated carbocycles. The van der Waals surface area contributed by atoms with Gasteiger partial charge in [-0.15, -0.1) is 0 Å². The van der Waals surface area contributed by atoms with Crippen molar-refractivity contribution in [3.05, 3.63) is 35.6 Å². The topological polar surface area (TPSA) is 46.5 Å². The van der Waals surface area contributed by atoms with Gasteiger partial charge in [0.2, 0.25) is 0 Å². The Morgan fingerprint density at radius 1 is 1.44 bits per heavy atom. The molecule has 1 atom stereocenters. The number of carboxylic acid groups (broad SMARTS) is 1. The van der Waals surface area contributed by atoms with Gasteiger partial charge in [0, 0.05) is 7.11 Å². The van der Waals surface area contributed by atoms with Crippen LogP contribution in [0.2, 0.25) is 0 Å². The van der Waals surface area contributed by atoms with Crippen LogP contribution in [0.15, 0.2) is 24.3 Å². The highest BCUT2D eigenvalue weighted by molar-refractivity contribution is 5.67. The second kappa shape index (κ2) is 6.23. The number of carbonyl (C=O) groups is 1. The molecule has 1 unspecified atom stereocenters. The minimum Gasteiger partial charge on any atom is -0.481 e. The van der Waals surface area contributed by atoms with Crippen LogP contribution in [-0.4, -0.2) is 24.3 Å². The number of ether oxygens (including phenoxy) is 1. The zero-order valence-corrected chi connectivity index (χ0v) is 9.15. The maximum atomic E-state index is 12.6. The predicted molar refractivity (Wildman–Crippen MR) is 57.8 cm³/mol. The molecule has 1 aromatic carbocycles. The van der Waals surface area contributed by atoms with Gasteiger partial charge in [0.25, 0.3) is 0 Å². The number of aliphatic carboxylic acids is 1. The van der Waals surface area contributed by atoms with E-state index in [0.717, 1.165) is 5.56 Å². The summed E-state index contributed by atoms with van der Waals surface area (Å²) >= 11 is 0. The second-order valence-electron chi connectivity index (χ2n) is 3.62. The van der Waals surface area contributed by atoms with Crippen LogP contribution in [0.1, 0.15) is 18.4 Å². The van der Waals surface area contributed by atoms with E-state index in [0.29, 0.717) is 12.8 Å². The van der Waals surface area contributed by atoms with E-state index in [1.807, 2.05) is 0 Å². The fraction of sp³-hybridized carbons (Fsp3) is 0.417. The van der Waals surface area contributed by atoms with Crippen molar-refractivity contribution >= 4 is 5.97 Å². The molecule has 1 aromatic rings. The summed E-state index contributed by atoms with van der Waals surface area (Å²) in [5.74, 6) is -1.14. The van der Waals surface area contributed by atoms with Crippen molar-refractivity contribution in [3.8, 4) is 0 Å². The largest absolute Gasteiger partial charge is 0.481 e. The average molecular weight is 226 g/mol. The lowest BCUT2D eigenvalue weighted by atomic mass is 10.0. The Hall–Kier alpha value is -1.42. The Balaban J connectivity index is 2.43. The maximum absolute atomic E-state index is 12.6. The molecule has 0 aliphatic rings. The molecule has 0 aliphatic heterocycles. The minimum atomic E-state index is -0.869. The molecule has 0 aromatic heterocycles. The van der Waals surface area contributed by atoms with Crippen LogP contribution >= 0.6 is 0 Å². The van der Waals surface area contributed by atoms with Crippen LogP contribution in [0.25, 0.3) is 0 Å². The molecule has 0 bridgehead atoms. The SMILES string of the molecule is COC(CCc1ccc(F)cc1)CC(=O)O. The summed E-state index contributed by atoms with van der Waals surface area (Å²) in [6.45, 7) is 0. The number of benzene rings is 1. The molecule has 1 N–H and O–H groups in total. The van der Waals surface area contributed by atoms with Crippen molar-refractivity contribution in [2.45, 2.75) is 25.4 Å². The summed E-state index contributed by atoms with van der Waals surface area (Å²) in [4.78, 5) is 10.5. The average Bonchev–Trinajstić information content (AvgIpc) is 2.26. The van der Waals surface area contributed by atoms with Crippen molar-refractivity contribution in [3.63, 3.8) is 0 Å². The van der Waals surface area contributed by atoms with Crippen LogP contribution in [0.3, 0.4) is 0 Å². The number of hydrogen-bond donors (Lipinski definition) is 1. The molecule has 0 amide bonds. The maximum Gasteiger partial charge on any atom is 0.305 e. The van der Waals surface area contributed by atoms with Crippen LogP contribution in [0.4, 0.5) is 4.39 Å². The molecule has 0 heterocycles. The van der Waals surface area contributed by atoms with Gasteiger partial charge in [0.05, 0.1) is 12.5 Å². The quantitative estimate of drug-likeness (QED) is 0.809. The molecular weight excluding hydrogens is 211 g/mol. The van der Waals surface area contributed by atoms with E-state index in [-0.39, 0.29) is 18.3 Å². The summed E-state index contributed by atoms with van der Waals surface area (Å²) in [6.07, 6.45) is 1.01. The van der Waals surface area contributed by atoms with Crippen LogP contribution in [0, 0.1) is 5.82 Å². The Morgan fingerprint density at radius 3 is 2.56 bits per heavy atom. The molecule has 0 spiro atoms. The third-order valence-corrected chi connectivity index (χ3v) is 2.40. The molecule has 3 nitrogen and oxygen atoms in total. The van der Waals surface area contributed by atoms with E-state index in [9.17, 15) is 9.18 Å². The molecular formula is C12H15FO3. The van der Waals surface area contributed by atoms with Gasteiger partial charge < -0.3 is 9.84 Å². The fourth-order valence-corrected chi connectivity index (χ4v) is 1.48. The molecule has 16 heavy (non-hydrogen) atoms. The first-order valence-electron chi connectivity index (χ1n) is 5.11. The van der Waals surface area contributed by atoms with Gasteiger partial charge in [-0.2, -0.15) is 0 Å². The zero-order valence-electron chi connectivity index (χ0n) is 9.15. The highest BCUT2D eigenvalue weighted by Crippen LogP contribution is 2.10. The Bertz CT molecular complexity index is 335. The van der Waals surface area contributed by atoms with E-state index in [4.69, 9.17) is 9.84 Å². The summed E-state index contributed by atoms with van der Waals surface area (Å²) in [7, 11) is 1.50. The fourth-order valence-electron chi connectivity index (χ4n) is 1.48. The van der Waals surface area contributed by atoms with Crippen LogP contribution in [-0.2, 0) is 16.0 Å².